The van der Waals surface area contributed by atoms with Crippen LogP contribution in [-0.4, -0.2) is 14.8 Å². The lowest BCUT2D eigenvalue weighted by Gasteiger charge is -2.36. The monoisotopic (exact) mass is 192 g/mol. The molecular formula is C10H16N4. The molecular weight excluding hydrogens is 176 g/mol. The molecule has 0 atom stereocenters. The Morgan fingerprint density at radius 1 is 1.43 bits per heavy atom. The summed E-state index contributed by atoms with van der Waals surface area (Å²) in [6.45, 7) is 0. The van der Waals surface area contributed by atoms with Crippen LogP contribution in [0.4, 0.5) is 0 Å². The Morgan fingerprint density at radius 3 is 2.64 bits per heavy atom. The number of hydrogen-bond acceptors (Lipinski definition) is 3. The normalized spacial score (nSPS) is 24.7. The maximum atomic E-state index is 6.24. The van der Waals surface area contributed by atoms with Crippen molar-refractivity contribution in [2.45, 2.75) is 43.6 Å². The lowest BCUT2D eigenvalue weighted by atomic mass is 9.77. The summed E-state index contributed by atoms with van der Waals surface area (Å²) in [7, 11) is 1.96. The summed E-state index contributed by atoms with van der Waals surface area (Å²) >= 11 is 0. The minimum absolute atomic E-state index is 0.172. The van der Waals surface area contributed by atoms with Gasteiger partial charge in [-0.1, -0.05) is 0 Å². The summed E-state index contributed by atoms with van der Waals surface area (Å²) in [4.78, 5) is 4.59. The van der Waals surface area contributed by atoms with Crippen LogP contribution in [0.3, 0.4) is 0 Å². The van der Waals surface area contributed by atoms with E-state index in [2.05, 4.69) is 10.1 Å². The molecule has 0 bridgehead atoms. The van der Waals surface area contributed by atoms with E-state index >= 15 is 0 Å². The van der Waals surface area contributed by atoms with Gasteiger partial charge in [-0.2, -0.15) is 5.10 Å². The molecule has 0 aromatic carbocycles. The van der Waals surface area contributed by atoms with Crippen molar-refractivity contribution < 1.29 is 0 Å². The first-order chi connectivity index (χ1) is 6.69. The number of rotatable bonds is 2. The summed E-state index contributed by atoms with van der Waals surface area (Å²) < 4.78 is 1.88. The maximum Gasteiger partial charge on any atom is 0.154 e. The molecule has 2 aliphatic carbocycles. The second-order valence-corrected chi connectivity index (χ2v) is 4.70. The van der Waals surface area contributed by atoms with Crippen LogP contribution in [0.15, 0.2) is 0 Å². The Hall–Kier alpha value is -0.900. The number of nitrogens with zero attached hydrogens (tertiary/aromatic N) is 3. The van der Waals surface area contributed by atoms with Crippen molar-refractivity contribution in [3.8, 4) is 0 Å². The van der Waals surface area contributed by atoms with Crippen molar-refractivity contribution in [3.05, 3.63) is 11.6 Å². The van der Waals surface area contributed by atoms with Crippen LogP contribution in [0.25, 0.3) is 0 Å². The zero-order chi connectivity index (χ0) is 9.76. The van der Waals surface area contributed by atoms with E-state index in [0.717, 1.165) is 24.5 Å². The van der Waals surface area contributed by atoms with Crippen LogP contribution >= 0.6 is 0 Å². The molecule has 76 valence electrons. The number of hydrogen-bond donors (Lipinski definition) is 1. The zero-order valence-corrected chi connectivity index (χ0v) is 8.53. The average Bonchev–Trinajstić information content (AvgIpc) is 2.87. The molecule has 3 rings (SSSR count). The lowest BCUT2D eigenvalue weighted by Crippen LogP contribution is -2.45. The minimum Gasteiger partial charge on any atom is -0.319 e. The van der Waals surface area contributed by atoms with Gasteiger partial charge in [0.2, 0.25) is 0 Å². The molecule has 2 saturated carbocycles. The summed E-state index contributed by atoms with van der Waals surface area (Å²) in [5.41, 5.74) is 6.06. The standard InChI is InChI=1S/C10H16N4/c1-14-9(10(11)5-2-6-10)12-8(13-14)7-3-4-7/h7H,2-6,11H2,1H3. The first-order valence-electron chi connectivity index (χ1n) is 5.39. The summed E-state index contributed by atoms with van der Waals surface area (Å²) in [5, 5.41) is 4.45. The molecule has 0 aliphatic heterocycles. The zero-order valence-electron chi connectivity index (χ0n) is 8.53. The Kier molecular flexibility index (Phi) is 1.54. The topological polar surface area (TPSA) is 56.7 Å². The van der Waals surface area contributed by atoms with Gasteiger partial charge in [0.1, 0.15) is 5.82 Å². The van der Waals surface area contributed by atoms with Crippen molar-refractivity contribution >= 4 is 0 Å². The predicted molar refractivity (Wildman–Crippen MR) is 52.7 cm³/mol. The highest BCUT2D eigenvalue weighted by Gasteiger charge is 2.40. The molecule has 0 radical (unpaired) electrons. The summed E-state index contributed by atoms with van der Waals surface area (Å²) in [6.07, 6.45) is 5.84. The first-order valence-corrected chi connectivity index (χ1v) is 5.39. The Morgan fingerprint density at radius 2 is 2.14 bits per heavy atom. The van der Waals surface area contributed by atoms with Gasteiger partial charge in [-0.25, -0.2) is 4.98 Å². The van der Waals surface area contributed by atoms with E-state index in [1.54, 1.807) is 0 Å². The fraction of sp³-hybridized carbons (Fsp3) is 0.800. The van der Waals surface area contributed by atoms with Crippen LogP contribution in [-0.2, 0) is 12.6 Å². The molecule has 4 nitrogen and oxygen atoms in total. The lowest BCUT2D eigenvalue weighted by molar-refractivity contribution is 0.230. The summed E-state index contributed by atoms with van der Waals surface area (Å²) in [5.74, 6) is 2.63. The van der Waals surface area contributed by atoms with Gasteiger partial charge < -0.3 is 5.73 Å². The van der Waals surface area contributed by atoms with Gasteiger partial charge in [-0.3, -0.25) is 4.68 Å². The van der Waals surface area contributed by atoms with Crippen LogP contribution in [0.1, 0.15) is 49.7 Å². The largest absolute Gasteiger partial charge is 0.319 e. The molecule has 0 amide bonds. The van der Waals surface area contributed by atoms with Crippen LogP contribution in [0, 0.1) is 0 Å². The van der Waals surface area contributed by atoms with Crippen molar-refractivity contribution in [1.29, 1.82) is 0 Å². The van der Waals surface area contributed by atoms with Crippen LogP contribution in [0.2, 0.25) is 0 Å². The van der Waals surface area contributed by atoms with Crippen molar-refractivity contribution in [3.63, 3.8) is 0 Å². The third-order valence-electron chi connectivity index (χ3n) is 3.41. The van der Waals surface area contributed by atoms with Gasteiger partial charge in [0, 0.05) is 13.0 Å². The third-order valence-corrected chi connectivity index (χ3v) is 3.41. The molecule has 1 aromatic heterocycles. The molecule has 0 spiro atoms. The fourth-order valence-corrected chi connectivity index (χ4v) is 2.13. The van der Waals surface area contributed by atoms with E-state index in [-0.39, 0.29) is 5.54 Å². The highest BCUT2D eigenvalue weighted by Crippen LogP contribution is 2.41. The van der Waals surface area contributed by atoms with E-state index in [4.69, 9.17) is 5.73 Å². The highest BCUT2D eigenvalue weighted by atomic mass is 15.3. The van der Waals surface area contributed by atoms with E-state index in [9.17, 15) is 0 Å². The molecule has 0 saturated heterocycles. The SMILES string of the molecule is Cn1nc(C2CC2)nc1C1(N)CCC1. The van der Waals surface area contributed by atoms with Gasteiger partial charge in [0.25, 0.3) is 0 Å². The summed E-state index contributed by atoms with van der Waals surface area (Å²) in [6, 6.07) is 0. The van der Waals surface area contributed by atoms with Crippen LogP contribution in [0.5, 0.6) is 0 Å². The molecule has 0 unspecified atom stereocenters. The van der Waals surface area contributed by atoms with Gasteiger partial charge in [0.15, 0.2) is 5.82 Å². The minimum atomic E-state index is -0.172. The molecule has 2 N–H and O–H groups in total. The van der Waals surface area contributed by atoms with Crippen molar-refractivity contribution in [2.75, 3.05) is 0 Å². The van der Waals surface area contributed by atoms with Crippen molar-refractivity contribution in [2.24, 2.45) is 12.8 Å². The predicted octanol–water partition coefficient (Wildman–Crippen LogP) is 1.03. The van der Waals surface area contributed by atoms with E-state index in [1.165, 1.54) is 19.3 Å². The third kappa shape index (κ3) is 1.10. The second-order valence-electron chi connectivity index (χ2n) is 4.70. The highest BCUT2D eigenvalue weighted by molar-refractivity contribution is 5.14. The second kappa shape index (κ2) is 2.57. The molecule has 2 aliphatic rings. The number of aryl methyl sites for hydroxylation is 1. The Bertz CT molecular complexity index is 360. The number of aromatic nitrogens is 3. The van der Waals surface area contributed by atoms with E-state index in [1.807, 2.05) is 11.7 Å². The van der Waals surface area contributed by atoms with Crippen LogP contribution < -0.4 is 5.73 Å². The maximum absolute atomic E-state index is 6.24. The van der Waals surface area contributed by atoms with Gasteiger partial charge in [0.05, 0.1) is 5.54 Å². The van der Waals surface area contributed by atoms with Gasteiger partial charge in [-0.15, -0.1) is 0 Å². The average molecular weight is 192 g/mol. The molecule has 14 heavy (non-hydrogen) atoms. The Balaban J connectivity index is 1.96. The van der Waals surface area contributed by atoms with E-state index in [0.29, 0.717) is 5.92 Å². The fourth-order valence-electron chi connectivity index (χ4n) is 2.13. The number of nitrogens with two attached hydrogens (primary N) is 1. The molecule has 2 fully saturated rings. The van der Waals surface area contributed by atoms with Crippen molar-refractivity contribution in [1.82, 2.24) is 14.8 Å². The first kappa shape index (κ1) is 8.41. The van der Waals surface area contributed by atoms with Gasteiger partial charge >= 0.3 is 0 Å². The quantitative estimate of drug-likeness (QED) is 0.761. The molecule has 1 heterocycles. The molecule has 1 aromatic rings. The smallest absolute Gasteiger partial charge is 0.154 e. The van der Waals surface area contributed by atoms with Gasteiger partial charge in [-0.05, 0) is 32.1 Å². The Labute approximate surface area is 83.5 Å². The van der Waals surface area contributed by atoms with E-state index < -0.39 is 0 Å². The molecule has 4 heteroatoms.